The van der Waals surface area contributed by atoms with Gasteiger partial charge in [-0.3, -0.25) is 0 Å². The molecule has 0 aliphatic carbocycles. The van der Waals surface area contributed by atoms with Crippen molar-refractivity contribution in [3.8, 4) is 0 Å². The van der Waals surface area contributed by atoms with Crippen LogP contribution in [0.25, 0.3) is 10.9 Å². The van der Waals surface area contributed by atoms with E-state index in [1.54, 1.807) is 0 Å². The molecule has 0 saturated carbocycles. The molecule has 0 spiro atoms. The molecule has 2 aromatic rings. The van der Waals surface area contributed by atoms with Gasteiger partial charge in [0.1, 0.15) is 0 Å². The maximum atomic E-state index is 3.56. The Kier molecular flexibility index (Phi) is 3.47. The largest absolute Gasteiger partial charge is 0.360 e. The van der Waals surface area contributed by atoms with Gasteiger partial charge < -0.3 is 4.98 Å². The Balaban J connectivity index is 2.25. The Morgan fingerprint density at radius 1 is 1.27 bits per heavy atom. The molecule has 0 amide bonds. The van der Waals surface area contributed by atoms with Crippen molar-refractivity contribution in [1.82, 2.24) is 4.98 Å². The molecular formula is C13H16BrN. The van der Waals surface area contributed by atoms with Crippen LogP contribution in [-0.4, -0.2) is 4.98 Å². The van der Waals surface area contributed by atoms with Gasteiger partial charge in [0.15, 0.2) is 0 Å². The highest BCUT2D eigenvalue weighted by atomic mass is 79.9. The second-order valence-electron chi connectivity index (χ2n) is 3.93. The second-order valence-corrected chi connectivity index (χ2v) is 4.79. The van der Waals surface area contributed by atoms with Gasteiger partial charge in [-0.2, -0.15) is 0 Å². The number of unbranched alkanes of at least 4 members (excludes halogenated alkanes) is 2. The summed E-state index contributed by atoms with van der Waals surface area (Å²) in [5.41, 5.74) is 2.67. The third-order valence-corrected chi connectivity index (χ3v) is 3.46. The minimum atomic E-state index is 1.15. The fraction of sp³-hybridized carbons (Fsp3) is 0.385. The summed E-state index contributed by atoms with van der Waals surface area (Å²) in [6, 6.07) is 6.37. The smallest absolute Gasteiger partial charge is 0.0601 e. The van der Waals surface area contributed by atoms with Crippen molar-refractivity contribution in [2.75, 3.05) is 0 Å². The number of halogens is 1. The molecular weight excluding hydrogens is 250 g/mol. The predicted molar refractivity (Wildman–Crippen MR) is 69.2 cm³/mol. The number of H-pyrrole nitrogens is 1. The first-order valence-electron chi connectivity index (χ1n) is 5.57. The molecule has 2 rings (SSSR count). The number of benzene rings is 1. The summed E-state index contributed by atoms with van der Waals surface area (Å²) < 4.78 is 1.15. The maximum absolute atomic E-state index is 3.56. The van der Waals surface area contributed by atoms with Crippen molar-refractivity contribution < 1.29 is 0 Å². The normalized spacial score (nSPS) is 11.1. The molecule has 15 heavy (non-hydrogen) atoms. The van der Waals surface area contributed by atoms with Crippen molar-refractivity contribution in [1.29, 1.82) is 0 Å². The highest BCUT2D eigenvalue weighted by Gasteiger charge is 2.04. The van der Waals surface area contributed by atoms with Crippen LogP contribution in [0.15, 0.2) is 28.9 Å². The molecule has 0 fully saturated rings. The molecule has 1 nitrogen and oxygen atoms in total. The van der Waals surface area contributed by atoms with E-state index in [-0.39, 0.29) is 0 Å². The number of para-hydroxylation sites is 1. The van der Waals surface area contributed by atoms with Gasteiger partial charge in [-0.15, -0.1) is 0 Å². The van der Waals surface area contributed by atoms with Crippen LogP contribution in [-0.2, 0) is 6.42 Å². The van der Waals surface area contributed by atoms with E-state index in [4.69, 9.17) is 0 Å². The first-order valence-corrected chi connectivity index (χ1v) is 6.36. The third-order valence-electron chi connectivity index (χ3n) is 2.80. The number of hydrogen-bond donors (Lipinski definition) is 1. The SMILES string of the molecule is CCCCCc1c[nH]c2c(Br)cccc12. The first kappa shape index (κ1) is 10.7. The van der Waals surface area contributed by atoms with Crippen LogP contribution in [0.5, 0.6) is 0 Å². The van der Waals surface area contributed by atoms with Crippen LogP contribution in [0, 0.1) is 0 Å². The van der Waals surface area contributed by atoms with Gasteiger partial charge in [-0.05, 0) is 40.4 Å². The zero-order valence-corrected chi connectivity index (χ0v) is 10.6. The standard InChI is InChI=1S/C13H16BrN/c1-2-3-4-6-10-9-15-13-11(10)7-5-8-12(13)14/h5,7-9,15H,2-4,6H2,1H3. The Labute approximate surface area is 99.0 Å². The zero-order chi connectivity index (χ0) is 10.7. The highest BCUT2D eigenvalue weighted by molar-refractivity contribution is 9.10. The number of aromatic nitrogens is 1. The Bertz CT molecular complexity index is 445. The van der Waals surface area contributed by atoms with E-state index in [0.29, 0.717) is 0 Å². The second kappa shape index (κ2) is 4.84. The van der Waals surface area contributed by atoms with Crippen LogP contribution < -0.4 is 0 Å². The van der Waals surface area contributed by atoms with Crippen molar-refractivity contribution in [3.63, 3.8) is 0 Å². The number of hydrogen-bond acceptors (Lipinski definition) is 0. The molecule has 0 unspecified atom stereocenters. The number of aryl methyl sites for hydroxylation is 1. The molecule has 0 aliphatic heterocycles. The van der Waals surface area contributed by atoms with Gasteiger partial charge in [0.25, 0.3) is 0 Å². The summed E-state index contributed by atoms with van der Waals surface area (Å²) in [4.78, 5) is 3.34. The molecule has 0 saturated heterocycles. The lowest BCUT2D eigenvalue weighted by Crippen LogP contribution is -1.82. The van der Waals surface area contributed by atoms with E-state index >= 15 is 0 Å². The topological polar surface area (TPSA) is 15.8 Å². The quantitative estimate of drug-likeness (QED) is 0.774. The summed E-state index contributed by atoms with van der Waals surface area (Å²) in [6.07, 6.45) is 7.22. The molecule has 80 valence electrons. The van der Waals surface area contributed by atoms with Crippen LogP contribution in [0.3, 0.4) is 0 Å². The minimum absolute atomic E-state index is 1.15. The Morgan fingerprint density at radius 2 is 2.13 bits per heavy atom. The zero-order valence-electron chi connectivity index (χ0n) is 9.02. The molecule has 1 heterocycles. The molecule has 0 bridgehead atoms. The Hall–Kier alpha value is -0.760. The summed E-state index contributed by atoms with van der Waals surface area (Å²) in [5.74, 6) is 0. The monoisotopic (exact) mass is 265 g/mol. The van der Waals surface area contributed by atoms with Crippen LogP contribution in [0.2, 0.25) is 0 Å². The third kappa shape index (κ3) is 2.25. The molecule has 1 N–H and O–H groups in total. The van der Waals surface area contributed by atoms with Gasteiger partial charge in [-0.25, -0.2) is 0 Å². The highest BCUT2D eigenvalue weighted by Crippen LogP contribution is 2.26. The molecule has 0 atom stereocenters. The van der Waals surface area contributed by atoms with E-state index in [1.165, 1.54) is 42.1 Å². The lowest BCUT2D eigenvalue weighted by Gasteiger charge is -1.98. The van der Waals surface area contributed by atoms with E-state index in [0.717, 1.165) is 4.47 Å². The summed E-state index contributed by atoms with van der Waals surface area (Å²) in [5, 5.41) is 1.36. The van der Waals surface area contributed by atoms with Crippen molar-refractivity contribution in [3.05, 3.63) is 34.4 Å². The number of nitrogens with one attached hydrogen (secondary N) is 1. The van der Waals surface area contributed by atoms with Crippen LogP contribution in [0.4, 0.5) is 0 Å². The number of rotatable bonds is 4. The van der Waals surface area contributed by atoms with Gasteiger partial charge >= 0.3 is 0 Å². The Morgan fingerprint density at radius 3 is 2.93 bits per heavy atom. The molecule has 1 aromatic carbocycles. The van der Waals surface area contributed by atoms with Gasteiger partial charge in [0, 0.05) is 16.1 Å². The molecule has 0 aliphatic rings. The number of aromatic amines is 1. The van der Waals surface area contributed by atoms with Gasteiger partial charge in [0.05, 0.1) is 5.52 Å². The van der Waals surface area contributed by atoms with E-state index < -0.39 is 0 Å². The van der Waals surface area contributed by atoms with E-state index in [9.17, 15) is 0 Å². The summed E-state index contributed by atoms with van der Waals surface area (Å²) in [6.45, 7) is 2.24. The molecule has 0 radical (unpaired) electrons. The van der Waals surface area contributed by atoms with Crippen molar-refractivity contribution in [2.24, 2.45) is 0 Å². The van der Waals surface area contributed by atoms with Crippen LogP contribution >= 0.6 is 15.9 Å². The summed E-state index contributed by atoms with van der Waals surface area (Å²) in [7, 11) is 0. The first-order chi connectivity index (χ1) is 7.33. The molecule has 1 aromatic heterocycles. The minimum Gasteiger partial charge on any atom is -0.360 e. The van der Waals surface area contributed by atoms with Crippen molar-refractivity contribution in [2.45, 2.75) is 32.6 Å². The van der Waals surface area contributed by atoms with E-state index in [2.05, 4.69) is 52.2 Å². The number of fused-ring (bicyclic) bond motifs is 1. The predicted octanol–water partition coefficient (Wildman–Crippen LogP) is 4.66. The lowest BCUT2D eigenvalue weighted by atomic mass is 10.1. The van der Waals surface area contributed by atoms with Crippen molar-refractivity contribution >= 4 is 26.8 Å². The fourth-order valence-corrected chi connectivity index (χ4v) is 2.43. The lowest BCUT2D eigenvalue weighted by molar-refractivity contribution is 0.719. The van der Waals surface area contributed by atoms with Crippen LogP contribution in [0.1, 0.15) is 31.7 Å². The van der Waals surface area contributed by atoms with Gasteiger partial charge in [-0.1, -0.05) is 31.9 Å². The fourth-order valence-electron chi connectivity index (χ4n) is 1.95. The average molecular weight is 266 g/mol. The summed E-state index contributed by atoms with van der Waals surface area (Å²) >= 11 is 3.56. The average Bonchev–Trinajstić information content (AvgIpc) is 2.64. The maximum Gasteiger partial charge on any atom is 0.0601 e. The van der Waals surface area contributed by atoms with E-state index in [1.807, 2.05) is 0 Å². The molecule has 2 heteroatoms. The van der Waals surface area contributed by atoms with Gasteiger partial charge in [0.2, 0.25) is 0 Å².